The molecule has 0 radical (unpaired) electrons. The van der Waals surface area contributed by atoms with E-state index in [1.54, 1.807) is 0 Å². The molecule has 3 heteroatoms. The first-order valence-electron chi connectivity index (χ1n) is 3.39. The van der Waals surface area contributed by atoms with Crippen LogP contribution in [0.5, 0.6) is 0 Å². The standard InChI is InChI=1S/C9H8OS2/c1-2-9(10)12-11-8-6-4-3-5-7-8/h2-7H,1H2. The van der Waals surface area contributed by atoms with Gasteiger partial charge >= 0.3 is 0 Å². The zero-order valence-electron chi connectivity index (χ0n) is 6.40. The fourth-order valence-electron chi connectivity index (χ4n) is 0.599. The lowest BCUT2D eigenvalue weighted by Gasteiger charge is -1.95. The summed E-state index contributed by atoms with van der Waals surface area (Å²) in [7, 11) is 2.64. The van der Waals surface area contributed by atoms with Crippen LogP contribution in [0.15, 0.2) is 47.9 Å². The van der Waals surface area contributed by atoms with Crippen molar-refractivity contribution in [2.45, 2.75) is 4.90 Å². The van der Waals surface area contributed by atoms with Gasteiger partial charge in [-0.1, -0.05) is 24.8 Å². The molecule has 1 aromatic carbocycles. The Hall–Kier alpha value is -0.670. The van der Waals surface area contributed by atoms with Crippen LogP contribution in [0.4, 0.5) is 0 Å². The molecule has 1 aromatic rings. The highest BCUT2D eigenvalue weighted by Crippen LogP contribution is 2.31. The van der Waals surface area contributed by atoms with Crippen LogP contribution in [0.25, 0.3) is 0 Å². The Morgan fingerprint density at radius 2 is 2.00 bits per heavy atom. The van der Waals surface area contributed by atoms with E-state index in [1.807, 2.05) is 30.3 Å². The van der Waals surface area contributed by atoms with Gasteiger partial charge in [0, 0.05) is 4.90 Å². The maximum atomic E-state index is 10.8. The van der Waals surface area contributed by atoms with E-state index < -0.39 is 0 Å². The van der Waals surface area contributed by atoms with Gasteiger partial charge in [-0.3, -0.25) is 4.79 Å². The van der Waals surface area contributed by atoms with Gasteiger partial charge in [-0.2, -0.15) is 0 Å². The van der Waals surface area contributed by atoms with Crippen molar-refractivity contribution in [2.75, 3.05) is 0 Å². The lowest BCUT2D eigenvalue weighted by atomic mass is 10.4. The number of carbonyl (C=O) groups is 1. The molecular weight excluding hydrogens is 188 g/mol. The van der Waals surface area contributed by atoms with Gasteiger partial charge in [0.05, 0.1) is 0 Å². The second-order valence-electron chi connectivity index (χ2n) is 2.00. The molecule has 0 fully saturated rings. The van der Waals surface area contributed by atoms with Gasteiger partial charge in [0.15, 0.2) is 0 Å². The molecule has 0 amide bonds. The Morgan fingerprint density at radius 3 is 2.58 bits per heavy atom. The number of rotatable bonds is 3. The van der Waals surface area contributed by atoms with Crippen molar-refractivity contribution < 1.29 is 4.79 Å². The predicted octanol–water partition coefficient (Wildman–Crippen LogP) is 3.14. The lowest BCUT2D eigenvalue weighted by Crippen LogP contribution is -1.77. The van der Waals surface area contributed by atoms with E-state index in [4.69, 9.17) is 0 Å². The first kappa shape index (κ1) is 9.42. The first-order chi connectivity index (χ1) is 5.83. The molecule has 0 aliphatic rings. The Kier molecular flexibility index (Phi) is 3.97. The van der Waals surface area contributed by atoms with E-state index in [9.17, 15) is 4.79 Å². The Balaban J connectivity index is 2.43. The summed E-state index contributed by atoms with van der Waals surface area (Å²) in [5.74, 6) is 0. The van der Waals surface area contributed by atoms with Crippen LogP contribution < -0.4 is 0 Å². The van der Waals surface area contributed by atoms with Crippen molar-refractivity contribution in [2.24, 2.45) is 0 Å². The second kappa shape index (κ2) is 5.06. The monoisotopic (exact) mass is 196 g/mol. The highest BCUT2D eigenvalue weighted by molar-refractivity contribution is 8.82. The third-order valence-corrected chi connectivity index (χ3v) is 3.33. The van der Waals surface area contributed by atoms with E-state index in [1.165, 1.54) is 27.7 Å². The van der Waals surface area contributed by atoms with Crippen LogP contribution in [-0.4, -0.2) is 5.12 Å². The maximum Gasteiger partial charge on any atom is 0.222 e. The van der Waals surface area contributed by atoms with E-state index in [0.29, 0.717) is 0 Å². The van der Waals surface area contributed by atoms with E-state index >= 15 is 0 Å². The van der Waals surface area contributed by atoms with Crippen molar-refractivity contribution in [1.82, 2.24) is 0 Å². The van der Waals surface area contributed by atoms with Crippen LogP contribution in [0.1, 0.15) is 0 Å². The minimum atomic E-state index is -0.0103. The van der Waals surface area contributed by atoms with Gasteiger partial charge in [-0.25, -0.2) is 0 Å². The van der Waals surface area contributed by atoms with Crippen LogP contribution >= 0.6 is 21.6 Å². The molecule has 0 saturated carbocycles. The topological polar surface area (TPSA) is 17.1 Å². The molecule has 0 atom stereocenters. The zero-order valence-corrected chi connectivity index (χ0v) is 8.03. The third-order valence-electron chi connectivity index (χ3n) is 1.13. The van der Waals surface area contributed by atoms with Crippen LogP contribution in [0.3, 0.4) is 0 Å². The van der Waals surface area contributed by atoms with Gasteiger partial charge in [0.1, 0.15) is 0 Å². The number of hydrogen-bond acceptors (Lipinski definition) is 3. The molecule has 62 valence electrons. The molecule has 12 heavy (non-hydrogen) atoms. The number of hydrogen-bond donors (Lipinski definition) is 0. The van der Waals surface area contributed by atoms with Crippen LogP contribution in [0, 0.1) is 0 Å². The molecule has 0 bridgehead atoms. The van der Waals surface area contributed by atoms with E-state index in [-0.39, 0.29) is 5.12 Å². The highest BCUT2D eigenvalue weighted by atomic mass is 33.1. The molecule has 0 N–H and O–H groups in total. The van der Waals surface area contributed by atoms with Crippen LogP contribution in [0.2, 0.25) is 0 Å². The smallest absolute Gasteiger partial charge is 0.222 e. The summed E-state index contributed by atoms with van der Waals surface area (Å²) in [5.41, 5.74) is 0. The molecule has 0 unspecified atom stereocenters. The molecule has 0 saturated heterocycles. The maximum absolute atomic E-state index is 10.8. The van der Waals surface area contributed by atoms with Gasteiger partial charge in [-0.05, 0) is 39.8 Å². The van der Waals surface area contributed by atoms with Crippen LogP contribution in [-0.2, 0) is 4.79 Å². The minimum Gasteiger partial charge on any atom is -0.281 e. The SMILES string of the molecule is C=CC(=O)SSc1ccccc1. The highest BCUT2D eigenvalue weighted by Gasteiger charge is 1.97. The number of carbonyl (C=O) groups excluding carboxylic acids is 1. The van der Waals surface area contributed by atoms with Crippen molar-refractivity contribution >= 4 is 26.7 Å². The van der Waals surface area contributed by atoms with Crippen molar-refractivity contribution in [3.05, 3.63) is 43.0 Å². The molecule has 0 aliphatic carbocycles. The predicted molar refractivity (Wildman–Crippen MR) is 55.1 cm³/mol. The van der Waals surface area contributed by atoms with Gasteiger partial charge < -0.3 is 0 Å². The van der Waals surface area contributed by atoms with Crippen molar-refractivity contribution in [3.8, 4) is 0 Å². The lowest BCUT2D eigenvalue weighted by molar-refractivity contribution is -0.106. The summed E-state index contributed by atoms with van der Waals surface area (Å²) in [6.07, 6.45) is 1.32. The summed E-state index contributed by atoms with van der Waals surface area (Å²) in [6.45, 7) is 3.39. The van der Waals surface area contributed by atoms with Gasteiger partial charge in [0.25, 0.3) is 0 Å². The van der Waals surface area contributed by atoms with E-state index in [0.717, 1.165) is 4.90 Å². The molecule has 0 aliphatic heterocycles. The number of benzene rings is 1. The molecular formula is C9H8OS2. The summed E-state index contributed by atoms with van der Waals surface area (Å²) in [5, 5.41) is -0.0103. The normalized spacial score (nSPS) is 9.33. The minimum absolute atomic E-state index is 0.0103. The van der Waals surface area contributed by atoms with Crippen molar-refractivity contribution in [3.63, 3.8) is 0 Å². The average molecular weight is 196 g/mol. The fraction of sp³-hybridized carbons (Fsp3) is 0. The quantitative estimate of drug-likeness (QED) is 0.546. The zero-order chi connectivity index (χ0) is 8.81. The summed E-state index contributed by atoms with van der Waals surface area (Å²) >= 11 is 0. The summed E-state index contributed by atoms with van der Waals surface area (Å²) < 4.78 is 0. The largest absolute Gasteiger partial charge is 0.281 e. The first-order valence-corrected chi connectivity index (χ1v) is 5.54. The second-order valence-corrected chi connectivity index (χ2v) is 4.21. The average Bonchev–Trinajstić information content (AvgIpc) is 2.16. The van der Waals surface area contributed by atoms with Gasteiger partial charge in [-0.15, -0.1) is 0 Å². The fourth-order valence-corrected chi connectivity index (χ4v) is 2.19. The van der Waals surface area contributed by atoms with E-state index in [2.05, 4.69) is 6.58 Å². The Labute approximate surface area is 79.6 Å². The Bertz CT molecular complexity index is 269. The van der Waals surface area contributed by atoms with Gasteiger partial charge in [0.2, 0.25) is 5.12 Å². The molecule has 1 nitrogen and oxygen atoms in total. The molecule has 0 aromatic heterocycles. The summed E-state index contributed by atoms with van der Waals surface area (Å²) in [6, 6.07) is 9.77. The van der Waals surface area contributed by atoms with Crippen molar-refractivity contribution in [1.29, 1.82) is 0 Å². The molecule has 0 spiro atoms. The molecule has 1 rings (SSSR count). The third kappa shape index (κ3) is 3.15. The molecule has 0 heterocycles. The Morgan fingerprint density at radius 1 is 1.33 bits per heavy atom. The summed E-state index contributed by atoms with van der Waals surface area (Å²) in [4.78, 5) is 11.9.